The Morgan fingerprint density at radius 2 is 1.83 bits per heavy atom. The fraction of sp³-hybridized carbons (Fsp3) is 0.130. The molecule has 0 aliphatic heterocycles. The van der Waals surface area contributed by atoms with Gasteiger partial charge in [-0.15, -0.1) is 10.2 Å². The number of benzene rings is 2. The van der Waals surface area contributed by atoms with Crippen molar-refractivity contribution in [2.75, 3.05) is 12.4 Å². The van der Waals surface area contributed by atoms with Crippen LogP contribution in [0.1, 0.15) is 16.1 Å². The molecule has 0 atom stereocenters. The van der Waals surface area contributed by atoms with E-state index >= 15 is 0 Å². The monoisotopic (exact) mass is 507 g/mol. The van der Waals surface area contributed by atoms with E-state index in [2.05, 4.69) is 25.8 Å². The third-order valence-electron chi connectivity index (χ3n) is 5.06. The summed E-state index contributed by atoms with van der Waals surface area (Å²) in [5.74, 6) is 0.0259. The molecule has 0 bridgehead atoms. The van der Waals surface area contributed by atoms with Crippen LogP contribution in [0.3, 0.4) is 0 Å². The molecule has 0 aliphatic carbocycles. The zero-order chi connectivity index (χ0) is 24.9. The number of amides is 1. The van der Waals surface area contributed by atoms with Crippen LogP contribution < -0.4 is 20.9 Å². The fourth-order valence-electron chi connectivity index (χ4n) is 3.27. The Bertz CT molecular complexity index is 1470. The van der Waals surface area contributed by atoms with Crippen molar-refractivity contribution in [2.24, 2.45) is 17.3 Å². The van der Waals surface area contributed by atoms with Crippen molar-refractivity contribution in [1.29, 1.82) is 0 Å². The number of nitrogens with one attached hydrogen (secondary N) is 2. The Labute approximate surface area is 209 Å². The Balaban J connectivity index is 1.45. The van der Waals surface area contributed by atoms with Gasteiger partial charge in [0.05, 0.1) is 30.3 Å². The summed E-state index contributed by atoms with van der Waals surface area (Å²) in [6.07, 6.45) is 1.50. The van der Waals surface area contributed by atoms with Gasteiger partial charge in [0.15, 0.2) is 20.9 Å². The van der Waals surface area contributed by atoms with Crippen molar-refractivity contribution in [1.82, 2.24) is 19.7 Å². The van der Waals surface area contributed by atoms with Crippen molar-refractivity contribution in [3.05, 3.63) is 82.4 Å². The molecule has 4 rings (SSSR count). The Hall–Kier alpha value is -4.16. The van der Waals surface area contributed by atoms with Crippen molar-refractivity contribution < 1.29 is 9.53 Å². The van der Waals surface area contributed by atoms with Gasteiger partial charge in [0.25, 0.3) is 11.5 Å². The number of ether oxygens (including phenoxy) is 1. The minimum Gasteiger partial charge on any atom is -0.496 e. The van der Waals surface area contributed by atoms with Crippen molar-refractivity contribution in [3.63, 3.8) is 0 Å². The average molecular weight is 508 g/mol. The maximum atomic E-state index is 12.9. The molecule has 12 heteroatoms. The lowest BCUT2D eigenvalue weighted by atomic mass is 10.2. The SMILES string of the molecule is COc1ccccc1C(=O)NC(=S)Nc1ncc(N=Nc2c(C)n(C)n(-c3ccccc3)c2=O)s1. The molecule has 0 saturated carbocycles. The predicted molar refractivity (Wildman–Crippen MR) is 139 cm³/mol. The molecule has 0 spiro atoms. The molecular formula is C23H21N7O3S2. The number of anilines is 1. The third kappa shape index (κ3) is 5.18. The van der Waals surface area contributed by atoms with E-state index in [1.807, 2.05) is 30.3 Å². The summed E-state index contributed by atoms with van der Waals surface area (Å²) in [4.78, 5) is 29.6. The minimum absolute atomic E-state index is 0.0726. The number of rotatable bonds is 6. The van der Waals surface area contributed by atoms with Gasteiger partial charge in [-0.1, -0.05) is 41.7 Å². The number of para-hydroxylation sites is 2. The van der Waals surface area contributed by atoms with Gasteiger partial charge in [-0.25, -0.2) is 9.67 Å². The first kappa shape index (κ1) is 24.0. The molecule has 0 aliphatic rings. The van der Waals surface area contributed by atoms with E-state index in [1.54, 1.807) is 42.9 Å². The first-order valence-electron chi connectivity index (χ1n) is 10.4. The van der Waals surface area contributed by atoms with Crippen LogP contribution in [0.15, 0.2) is 75.8 Å². The number of aromatic nitrogens is 3. The van der Waals surface area contributed by atoms with Crippen LogP contribution in [-0.2, 0) is 7.05 Å². The molecule has 2 aromatic heterocycles. The average Bonchev–Trinajstić information content (AvgIpc) is 3.39. The van der Waals surface area contributed by atoms with Gasteiger partial charge in [-0.2, -0.15) is 0 Å². The molecule has 10 nitrogen and oxygen atoms in total. The molecule has 2 aromatic carbocycles. The lowest BCUT2D eigenvalue weighted by molar-refractivity contribution is 0.0975. The number of carbonyl (C=O) groups is 1. The summed E-state index contributed by atoms with van der Waals surface area (Å²) in [5, 5.41) is 14.7. The number of carbonyl (C=O) groups excluding carboxylic acids is 1. The van der Waals surface area contributed by atoms with E-state index < -0.39 is 5.91 Å². The number of azo groups is 1. The van der Waals surface area contributed by atoms with Gasteiger partial charge in [0.2, 0.25) is 0 Å². The normalized spacial score (nSPS) is 10.9. The third-order valence-corrected chi connectivity index (χ3v) is 6.07. The zero-order valence-electron chi connectivity index (χ0n) is 19.1. The molecule has 178 valence electrons. The largest absolute Gasteiger partial charge is 0.496 e. The maximum absolute atomic E-state index is 12.9. The van der Waals surface area contributed by atoms with Crippen molar-refractivity contribution in [2.45, 2.75) is 6.92 Å². The number of nitrogens with zero attached hydrogens (tertiary/aromatic N) is 5. The predicted octanol–water partition coefficient (Wildman–Crippen LogP) is 4.49. The van der Waals surface area contributed by atoms with E-state index in [4.69, 9.17) is 17.0 Å². The highest BCUT2D eigenvalue weighted by molar-refractivity contribution is 7.80. The minimum atomic E-state index is -0.411. The zero-order valence-corrected chi connectivity index (χ0v) is 20.7. The number of methoxy groups -OCH3 is 1. The summed E-state index contributed by atoms with van der Waals surface area (Å²) in [7, 11) is 3.28. The van der Waals surface area contributed by atoms with Gasteiger partial charge in [0.1, 0.15) is 5.75 Å². The fourth-order valence-corrected chi connectivity index (χ4v) is 4.17. The standard InChI is InChI=1S/C23H21N7O3S2/c1-14-19(21(32)30(29(14)2)15-9-5-4-6-10-15)28-27-18-13-24-23(35-18)26-22(34)25-20(31)16-11-7-8-12-17(16)33-3/h4-13H,1-3H3,(H2,24,25,26,31,34). The van der Waals surface area contributed by atoms with Gasteiger partial charge >= 0.3 is 0 Å². The lowest BCUT2D eigenvalue weighted by Gasteiger charge is -2.09. The highest BCUT2D eigenvalue weighted by atomic mass is 32.1. The van der Waals surface area contributed by atoms with Gasteiger partial charge in [-0.3, -0.25) is 19.6 Å². The van der Waals surface area contributed by atoms with Crippen LogP contribution in [0.5, 0.6) is 5.75 Å². The molecule has 0 saturated heterocycles. The van der Waals surface area contributed by atoms with Crippen molar-refractivity contribution >= 4 is 50.4 Å². The Kier molecular flexibility index (Phi) is 7.13. The molecule has 4 aromatic rings. The molecule has 0 fully saturated rings. The molecule has 0 unspecified atom stereocenters. The highest BCUT2D eigenvalue weighted by Gasteiger charge is 2.16. The summed E-state index contributed by atoms with van der Waals surface area (Å²) < 4.78 is 8.47. The van der Waals surface area contributed by atoms with E-state index in [0.717, 1.165) is 5.69 Å². The second kappa shape index (κ2) is 10.4. The van der Waals surface area contributed by atoms with Crippen LogP contribution in [-0.4, -0.2) is 32.5 Å². The molecule has 1 amide bonds. The molecule has 0 radical (unpaired) electrons. The smallest absolute Gasteiger partial charge is 0.299 e. The van der Waals surface area contributed by atoms with Gasteiger partial charge in [-0.05, 0) is 43.4 Å². The summed E-state index contributed by atoms with van der Waals surface area (Å²) in [6.45, 7) is 1.80. The first-order valence-corrected chi connectivity index (χ1v) is 11.6. The van der Waals surface area contributed by atoms with Gasteiger partial charge < -0.3 is 10.1 Å². The van der Waals surface area contributed by atoms with Crippen LogP contribution >= 0.6 is 23.6 Å². The van der Waals surface area contributed by atoms with Crippen LogP contribution in [0, 0.1) is 6.92 Å². The van der Waals surface area contributed by atoms with E-state index in [9.17, 15) is 9.59 Å². The maximum Gasteiger partial charge on any atom is 0.299 e. The first-order chi connectivity index (χ1) is 16.9. The second-order valence-corrected chi connectivity index (χ2v) is 8.64. The molecule has 2 N–H and O–H groups in total. The Morgan fingerprint density at radius 1 is 1.11 bits per heavy atom. The topological polar surface area (TPSA) is 115 Å². The number of hydrogen-bond donors (Lipinski definition) is 2. The second-order valence-electron chi connectivity index (χ2n) is 7.22. The quantitative estimate of drug-likeness (QED) is 0.294. The Morgan fingerprint density at radius 3 is 2.57 bits per heavy atom. The van der Waals surface area contributed by atoms with E-state index in [1.165, 1.54) is 29.3 Å². The van der Waals surface area contributed by atoms with Crippen molar-refractivity contribution in [3.8, 4) is 11.4 Å². The van der Waals surface area contributed by atoms with Crippen LogP contribution in [0.2, 0.25) is 0 Å². The summed E-state index contributed by atoms with van der Waals surface area (Å²) in [5.41, 5.74) is 1.72. The van der Waals surface area contributed by atoms with Gasteiger partial charge in [0, 0.05) is 7.05 Å². The summed E-state index contributed by atoms with van der Waals surface area (Å²) in [6, 6.07) is 16.1. The lowest BCUT2D eigenvalue weighted by Crippen LogP contribution is -2.34. The number of hydrogen-bond acceptors (Lipinski definition) is 8. The summed E-state index contributed by atoms with van der Waals surface area (Å²) >= 11 is 6.39. The molecule has 35 heavy (non-hydrogen) atoms. The molecule has 2 heterocycles. The molecular weight excluding hydrogens is 486 g/mol. The van der Waals surface area contributed by atoms with E-state index in [0.29, 0.717) is 27.1 Å². The van der Waals surface area contributed by atoms with Crippen LogP contribution in [0.25, 0.3) is 5.69 Å². The number of thiocarbonyl (C=S) groups is 1. The highest BCUT2D eigenvalue weighted by Crippen LogP contribution is 2.28. The van der Waals surface area contributed by atoms with E-state index in [-0.39, 0.29) is 16.4 Å². The number of thiazole rings is 1. The van der Waals surface area contributed by atoms with Crippen LogP contribution in [0.4, 0.5) is 15.8 Å².